The van der Waals surface area contributed by atoms with Gasteiger partial charge < -0.3 is 9.47 Å². The fourth-order valence-electron chi connectivity index (χ4n) is 1.43. The van der Waals surface area contributed by atoms with Crippen LogP contribution in [0.3, 0.4) is 0 Å². The Kier molecular flexibility index (Phi) is 5.90. The number of hydrogen-bond donors (Lipinski definition) is 1. The lowest BCUT2D eigenvalue weighted by molar-refractivity contribution is -0.138. The number of nitrogens with one attached hydrogen (secondary N) is 1. The molecule has 0 saturated heterocycles. The lowest BCUT2D eigenvalue weighted by atomic mass is 10.1. The van der Waals surface area contributed by atoms with Crippen LogP contribution in [0.4, 0.5) is 18.0 Å². The van der Waals surface area contributed by atoms with E-state index in [1.54, 1.807) is 5.32 Å². The molecule has 0 atom stereocenters. The van der Waals surface area contributed by atoms with Crippen LogP contribution in [0.25, 0.3) is 0 Å². The van der Waals surface area contributed by atoms with Crippen molar-refractivity contribution in [3.63, 3.8) is 0 Å². The summed E-state index contributed by atoms with van der Waals surface area (Å²) < 4.78 is 47.0. The molecular weight excluding hydrogens is 307 g/mol. The molecule has 1 aromatic rings. The number of carbonyl (C=O) groups excluding carboxylic acids is 3. The van der Waals surface area contributed by atoms with Crippen LogP contribution in [0.2, 0.25) is 0 Å². The topological polar surface area (TPSA) is 81.7 Å². The van der Waals surface area contributed by atoms with E-state index in [4.69, 9.17) is 0 Å². The Balaban J connectivity index is 2.67. The maximum Gasteiger partial charge on any atom is 0.417 e. The van der Waals surface area contributed by atoms with Crippen LogP contribution in [-0.2, 0) is 20.4 Å². The largest absolute Gasteiger partial charge is 0.452 e. The van der Waals surface area contributed by atoms with Crippen molar-refractivity contribution in [2.45, 2.75) is 13.1 Å². The molecular formula is C13H12F3NO5. The smallest absolute Gasteiger partial charge is 0.417 e. The molecule has 0 aliphatic rings. The summed E-state index contributed by atoms with van der Waals surface area (Å²) in [4.78, 5) is 33.8. The summed E-state index contributed by atoms with van der Waals surface area (Å²) in [6.07, 6.45) is -5.78. The molecule has 0 spiro atoms. The summed E-state index contributed by atoms with van der Waals surface area (Å²) in [6, 6.07) is 3.99. The molecule has 0 bridgehead atoms. The van der Waals surface area contributed by atoms with Gasteiger partial charge in [-0.2, -0.15) is 13.2 Å². The second kappa shape index (κ2) is 7.43. The van der Waals surface area contributed by atoms with Gasteiger partial charge in [0.15, 0.2) is 6.61 Å². The third-order valence-electron chi connectivity index (χ3n) is 2.30. The first kappa shape index (κ1) is 17.5. The molecule has 9 heteroatoms. The summed E-state index contributed by atoms with van der Waals surface area (Å²) >= 11 is 0. The van der Waals surface area contributed by atoms with Gasteiger partial charge in [-0.05, 0) is 19.1 Å². The van der Waals surface area contributed by atoms with E-state index in [1.165, 1.54) is 13.0 Å². The third-order valence-corrected chi connectivity index (χ3v) is 2.30. The normalized spacial score (nSPS) is 10.7. The van der Waals surface area contributed by atoms with Crippen LogP contribution < -0.4 is 5.32 Å². The minimum absolute atomic E-state index is 0.0257. The number of alkyl carbamates (subject to hydrolysis) is 1. The highest BCUT2D eigenvalue weighted by atomic mass is 19.4. The Morgan fingerprint density at radius 3 is 2.36 bits per heavy atom. The van der Waals surface area contributed by atoms with Crippen LogP contribution in [0, 0.1) is 0 Å². The highest BCUT2D eigenvalue weighted by Gasteiger charge is 2.35. The van der Waals surface area contributed by atoms with Gasteiger partial charge >= 0.3 is 18.2 Å². The molecule has 0 unspecified atom stereocenters. The minimum Gasteiger partial charge on any atom is -0.452 e. The van der Waals surface area contributed by atoms with Crippen molar-refractivity contribution in [3.8, 4) is 0 Å². The molecule has 0 radical (unpaired) electrons. The van der Waals surface area contributed by atoms with Crippen molar-refractivity contribution in [2.24, 2.45) is 0 Å². The van der Waals surface area contributed by atoms with E-state index >= 15 is 0 Å². The van der Waals surface area contributed by atoms with Crippen molar-refractivity contribution in [1.82, 2.24) is 5.32 Å². The number of halogens is 3. The second-order valence-corrected chi connectivity index (χ2v) is 3.89. The van der Waals surface area contributed by atoms with E-state index < -0.39 is 41.9 Å². The number of carbonyl (C=O) groups is 3. The standard InChI is InChI=1S/C13H12F3NO5/c1-2-21-12(20)17-10(18)7-22-11(19)8-5-3-4-6-9(8)13(14,15)16/h3-6H,2,7H2,1H3,(H,17,18,20). The number of benzene rings is 1. The zero-order valence-electron chi connectivity index (χ0n) is 11.4. The van der Waals surface area contributed by atoms with Gasteiger partial charge in [-0.15, -0.1) is 0 Å². The molecule has 22 heavy (non-hydrogen) atoms. The molecule has 1 aromatic carbocycles. The highest BCUT2D eigenvalue weighted by molar-refractivity contribution is 5.96. The summed E-state index contributed by atoms with van der Waals surface area (Å²) in [6.45, 7) is 0.625. The van der Waals surface area contributed by atoms with E-state index in [2.05, 4.69) is 9.47 Å². The summed E-state index contributed by atoms with van der Waals surface area (Å²) in [5.41, 5.74) is -1.90. The predicted molar refractivity (Wildman–Crippen MR) is 66.9 cm³/mol. The molecule has 0 fully saturated rings. The van der Waals surface area contributed by atoms with Crippen molar-refractivity contribution in [2.75, 3.05) is 13.2 Å². The van der Waals surface area contributed by atoms with Gasteiger partial charge in [0.25, 0.3) is 5.91 Å². The molecule has 0 aliphatic heterocycles. The molecule has 1 N–H and O–H groups in total. The van der Waals surface area contributed by atoms with E-state index in [1.807, 2.05) is 0 Å². The Morgan fingerprint density at radius 2 is 1.77 bits per heavy atom. The molecule has 0 aliphatic carbocycles. The van der Waals surface area contributed by atoms with E-state index in [0.29, 0.717) is 0 Å². The summed E-state index contributed by atoms with van der Waals surface area (Å²) in [7, 11) is 0. The quantitative estimate of drug-likeness (QED) is 0.860. The average molecular weight is 319 g/mol. The van der Waals surface area contributed by atoms with Crippen LogP contribution in [0.15, 0.2) is 24.3 Å². The van der Waals surface area contributed by atoms with Crippen molar-refractivity contribution in [1.29, 1.82) is 0 Å². The van der Waals surface area contributed by atoms with Gasteiger partial charge in [0.1, 0.15) is 0 Å². The number of rotatable bonds is 4. The maximum atomic E-state index is 12.7. The number of alkyl halides is 3. The molecule has 120 valence electrons. The van der Waals surface area contributed by atoms with Crippen molar-refractivity contribution < 1.29 is 37.0 Å². The van der Waals surface area contributed by atoms with Crippen molar-refractivity contribution in [3.05, 3.63) is 35.4 Å². The summed E-state index contributed by atoms with van der Waals surface area (Å²) in [5.74, 6) is -2.34. The number of imide groups is 1. The van der Waals surface area contributed by atoms with E-state index in [-0.39, 0.29) is 6.61 Å². The number of hydrogen-bond acceptors (Lipinski definition) is 5. The van der Waals surface area contributed by atoms with Crippen LogP contribution in [0.1, 0.15) is 22.8 Å². The summed E-state index contributed by atoms with van der Waals surface area (Å²) in [5, 5.41) is 1.73. The lowest BCUT2D eigenvalue weighted by Crippen LogP contribution is -2.34. The SMILES string of the molecule is CCOC(=O)NC(=O)COC(=O)c1ccccc1C(F)(F)F. The van der Waals surface area contributed by atoms with Crippen LogP contribution in [0.5, 0.6) is 0 Å². The van der Waals surface area contributed by atoms with Gasteiger partial charge in [0.05, 0.1) is 17.7 Å². The number of ether oxygens (including phenoxy) is 2. The Hall–Kier alpha value is -2.58. The molecule has 2 amide bonds. The van der Waals surface area contributed by atoms with Gasteiger partial charge in [-0.1, -0.05) is 12.1 Å². The maximum absolute atomic E-state index is 12.7. The lowest BCUT2D eigenvalue weighted by Gasteiger charge is -2.11. The molecule has 0 heterocycles. The Bertz CT molecular complexity index is 571. The zero-order valence-corrected chi connectivity index (χ0v) is 11.4. The van der Waals surface area contributed by atoms with E-state index in [0.717, 1.165) is 18.2 Å². The first-order chi connectivity index (χ1) is 10.3. The van der Waals surface area contributed by atoms with Gasteiger partial charge in [0, 0.05) is 0 Å². The molecule has 0 saturated carbocycles. The first-order valence-corrected chi connectivity index (χ1v) is 6.05. The predicted octanol–water partition coefficient (Wildman–Crippen LogP) is 2.13. The van der Waals surface area contributed by atoms with Gasteiger partial charge in [-0.3, -0.25) is 10.1 Å². The third kappa shape index (κ3) is 5.08. The monoisotopic (exact) mass is 319 g/mol. The highest BCUT2D eigenvalue weighted by Crippen LogP contribution is 2.32. The Labute approximate surface area is 123 Å². The zero-order chi connectivity index (χ0) is 16.8. The van der Waals surface area contributed by atoms with E-state index in [9.17, 15) is 27.6 Å². The molecule has 6 nitrogen and oxygen atoms in total. The number of esters is 1. The first-order valence-electron chi connectivity index (χ1n) is 6.05. The number of amides is 2. The minimum atomic E-state index is -4.73. The molecule has 0 aromatic heterocycles. The fraction of sp³-hybridized carbons (Fsp3) is 0.308. The second-order valence-electron chi connectivity index (χ2n) is 3.89. The van der Waals surface area contributed by atoms with Crippen molar-refractivity contribution >= 4 is 18.0 Å². The Morgan fingerprint density at radius 1 is 1.14 bits per heavy atom. The van der Waals surface area contributed by atoms with Crippen LogP contribution in [-0.4, -0.2) is 31.2 Å². The van der Waals surface area contributed by atoms with Gasteiger partial charge in [-0.25, -0.2) is 9.59 Å². The van der Waals surface area contributed by atoms with Gasteiger partial charge in [0.2, 0.25) is 0 Å². The van der Waals surface area contributed by atoms with Crippen LogP contribution >= 0.6 is 0 Å². The molecule has 1 rings (SSSR count). The average Bonchev–Trinajstić information content (AvgIpc) is 2.44. The fourth-order valence-corrected chi connectivity index (χ4v) is 1.43.